The van der Waals surface area contributed by atoms with Crippen molar-refractivity contribution < 1.29 is 9.84 Å². The number of aryl methyl sites for hydroxylation is 1. The van der Waals surface area contributed by atoms with Crippen LogP contribution in [0.1, 0.15) is 5.69 Å². The van der Waals surface area contributed by atoms with Crippen molar-refractivity contribution in [1.82, 2.24) is 14.5 Å². The molecule has 0 spiro atoms. The Balaban J connectivity index is 2.56. The van der Waals surface area contributed by atoms with Crippen molar-refractivity contribution in [3.8, 4) is 17.4 Å². The number of rotatable bonds is 2. The van der Waals surface area contributed by atoms with Crippen LogP contribution in [-0.2, 0) is 0 Å². The van der Waals surface area contributed by atoms with Crippen LogP contribution in [-0.4, -0.2) is 26.8 Å². The second-order valence-electron chi connectivity index (χ2n) is 3.45. The molecule has 0 bridgehead atoms. The van der Waals surface area contributed by atoms with Crippen LogP contribution in [0.5, 0.6) is 11.5 Å². The zero-order chi connectivity index (χ0) is 12.4. The molecule has 2 aromatic heterocycles. The van der Waals surface area contributed by atoms with Crippen LogP contribution >= 0.6 is 0 Å². The summed E-state index contributed by atoms with van der Waals surface area (Å²) < 4.78 is 6.24. The van der Waals surface area contributed by atoms with E-state index in [1.54, 1.807) is 6.92 Å². The average Bonchev–Trinajstić information content (AvgIpc) is 2.28. The monoisotopic (exact) mass is 233 g/mol. The topological polar surface area (TPSA) is 77.2 Å². The van der Waals surface area contributed by atoms with Gasteiger partial charge in [-0.1, -0.05) is 0 Å². The maximum atomic E-state index is 11.7. The molecule has 0 aromatic carbocycles. The molecule has 0 amide bonds. The fourth-order valence-electron chi connectivity index (χ4n) is 1.47. The Morgan fingerprint density at radius 1 is 1.29 bits per heavy atom. The first-order valence-electron chi connectivity index (χ1n) is 4.91. The van der Waals surface area contributed by atoms with Gasteiger partial charge in [-0.25, -0.2) is 14.5 Å². The van der Waals surface area contributed by atoms with Gasteiger partial charge in [-0.3, -0.25) is 4.79 Å². The molecule has 0 saturated heterocycles. The Morgan fingerprint density at radius 2 is 1.94 bits per heavy atom. The average molecular weight is 233 g/mol. The largest absolute Gasteiger partial charge is 0.508 e. The highest BCUT2D eigenvalue weighted by atomic mass is 16.5. The fourth-order valence-corrected chi connectivity index (χ4v) is 1.47. The summed E-state index contributed by atoms with van der Waals surface area (Å²) in [5.74, 6) is 0.684. The standard InChI is InChI=1S/C11H11N3O3/c1-7-3-8(15)4-10(16)14(7)11-12-5-9(17-2)6-13-11/h3-6,15H,1-2H3. The van der Waals surface area contributed by atoms with E-state index in [9.17, 15) is 9.90 Å². The Labute approximate surface area is 97.2 Å². The van der Waals surface area contributed by atoms with E-state index in [4.69, 9.17) is 4.74 Å². The van der Waals surface area contributed by atoms with E-state index in [1.165, 1.54) is 30.1 Å². The normalized spacial score (nSPS) is 10.2. The van der Waals surface area contributed by atoms with Crippen LogP contribution in [0.2, 0.25) is 0 Å². The molecule has 0 aliphatic heterocycles. The van der Waals surface area contributed by atoms with Crippen molar-refractivity contribution in [2.45, 2.75) is 6.92 Å². The molecule has 2 heterocycles. The summed E-state index contributed by atoms with van der Waals surface area (Å²) in [5, 5.41) is 9.27. The number of ether oxygens (including phenoxy) is 1. The number of methoxy groups -OCH3 is 1. The Kier molecular flexibility index (Phi) is 2.78. The molecule has 17 heavy (non-hydrogen) atoms. The van der Waals surface area contributed by atoms with Gasteiger partial charge in [-0.15, -0.1) is 0 Å². The van der Waals surface area contributed by atoms with Crippen LogP contribution in [0.3, 0.4) is 0 Å². The molecular formula is C11H11N3O3. The van der Waals surface area contributed by atoms with Crippen LogP contribution in [0.25, 0.3) is 5.95 Å². The summed E-state index contributed by atoms with van der Waals surface area (Å²) in [7, 11) is 1.51. The number of hydrogen-bond donors (Lipinski definition) is 1. The quantitative estimate of drug-likeness (QED) is 0.824. The van der Waals surface area contributed by atoms with Gasteiger partial charge >= 0.3 is 0 Å². The molecular weight excluding hydrogens is 222 g/mol. The molecule has 2 aromatic rings. The van der Waals surface area contributed by atoms with Crippen molar-refractivity contribution in [3.63, 3.8) is 0 Å². The van der Waals surface area contributed by atoms with Gasteiger partial charge in [0.1, 0.15) is 5.75 Å². The van der Waals surface area contributed by atoms with E-state index < -0.39 is 0 Å². The Hall–Kier alpha value is -2.37. The first-order valence-corrected chi connectivity index (χ1v) is 4.91. The SMILES string of the molecule is COc1cnc(-n2c(C)cc(O)cc2=O)nc1. The lowest BCUT2D eigenvalue weighted by Gasteiger charge is -2.08. The van der Waals surface area contributed by atoms with E-state index in [1.807, 2.05) is 0 Å². The van der Waals surface area contributed by atoms with E-state index in [-0.39, 0.29) is 17.3 Å². The lowest BCUT2D eigenvalue weighted by molar-refractivity contribution is 0.410. The Bertz CT molecular complexity index is 590. The summed E-state index contributed by atoms with van der Waals surface area (Å²) in [5.41, 5.74) is 0.174. The van der Waals surface area contributed by atoms with Crippen molar-refractivity contribution in [2.24, 2.45) is 0 Å². The molecule has 6 heteroatoms. The third kappa shape index (κ3) is 2.10. The number of aromatic hydroxyl groups is 1. The maximum absolute atomic E-state index is 11.7. The van der Waals surface area contributed by atoms with Crippen molar-refractivity contribution >= 4 is 0 Å². The van der Waals surface area contributed by atoms with Crippen molar-refractivity contribution in [3.05, 3.63) is 40.6 Å². The molecule has 0 fully saturated rings. The minimum Gasteiger partial charge on any atom is -0.508 e. The van der Waals surface area contributed by atoms with Crippen LogP contribution in [0, 0.1) is 6.92 Å². The van der Waals surface area contributed by atoms with Crippen LogP contribution < -0.4 is 10.3 Å². The molecule has 0 atom stereocenters. The summed E-state index contributed by atoms with van der Waals surface area (Å²) in [6.45, 7) is 1.69. The van der Waals surface area contributed by atoms with E-state index >= 15 is 0 Å². The highest BCUT2D eigenvalue weighted by Gasteiger charge is 2.07. The third-order valence-corrected chi connectivity index (χ3v) is 2.25. The van der Waals surface area contributed by atoms with Crippen molar-refractivity contribution in [2.75, 3.05) is 7.11 Å². The van der Waals surface area contributed by atoms with Crippen LogP contribution in [0.15, 0.2) is 29.3 Å². The number of pyridine rings is 1. The highest BCUT2D eigenvalue weighted by molar-refractivity contribution is 5.28. The summed E-state index contributed by atoms with van der Waals surface area (Å²) >= 11 is 0. The second-order valence-corrected chi connectivity index (χ2v) is 3.45. The second kappa shape index (κ2) is 4.25. The molecule has 88 valence electrons. The molecule has 0 saturated carbocycles. The minimum atomic E-state index is -0.382. The predicted molar refractivity (Wildman–Crippen MR) is 60.6 cm³/mol. The number of nitrogens with zero attached hydrogens (tertiary/aromatic N) is 3. The first-order chi connectivity index (χ1) is 8.11. The van der Waals surface area contributed by atoms with Crippen molar-refractivity contribution in [1.29, 1.82) is 0 Å². The Morgan fingerprint density at radius 3 is 2.47 bits per heavy atom. The van der Waals surface area contributed by atoms with Gasteiger partial charge in [-0.05, 0) is 13.0 Å². The smallest absolute Gasteiger partial charge is 0.261 e. The molecule has 6 nitrogen and oxygen atoms in total. The van der Waals surface area contributed by atoms with E-state index in [0.29, 0.717) is 11.4 Å². The third-order valence-electron chi connectivity index (χ3n) is 2.25. The lowest BCUT2D eigenvalue weighted by atomic mass is 10.3. The highest BCUT2D eigenvalue weighted by Crippen LogP contribution is 2.11. The van der Waals surface area contributed by atoms with E-state index in [2.05, 4.69) is 9.97 Å². The zero-order valence-electron chi connectivity index (χ0n) is 9.41. The zero-order valence-corrected chi connectivity index (χ0v) is 9.41. The van der Waals surface area contributed by atoms with Gasteiger partial charge in [0.25, 0.3) is 5.56 Å². The van der Waals surface area contributed by atoms with Gasteiger partial charge in [0.05, 0.1) is 19.5 Å². The van der Waals surface area contributed by atoms with Gasteiger partial charge < -0.3 is 9.84 Å². The molecule has 0 aliphatic rings. The van der Waals surface area contributed by atoms with Crippen LogP contribution in [0.4, 0.5) is 0 Å². The maximum Gasteiger partial charge on any atom is 0.261 e. The number of hydrogen-bond acceptors (Lipinski definition) is 5. The van der Waals surface area contributed by atoms with Gasteiger partial charge in [0.15, 0.2) is 5.75 Å². The fraction of sp³-hybridized carbons (Fsp3) is 0.182. The van der Waals surface area contributed by atoms with Gasteiger partial charge in [0.2, 0.25) is 5.95 Å². The van der Waals surface area contributed by atoms with Gasteiger partial charge in [0, 0.05) is 11.8 Å². The van der Waals surface area contributed by atoms with Gasteiger partial charge in [-0.2, -0.15) is 0 Å². The summed E-state index contributed by atoms with van der Waals surface area (Å²) in [4.78, 5) is 19.7. The first kappa shape index (κ1) is 11.1. The van der Waals surface area contributed by atoms with E-state index in [0.717, 1.165) is 6.07 Å². The lowest BCUT2D eigenvalue weighted by Crippen LogP contribution is -2.21. The summed E-state index contributed by atoms with van der Waals surface area (Å²) in [6.07, 6.45) is 2.95. The molecule has 0 aliphatic carbocycles. The molecule has 2 rings (SSSR count). The summed E-state index contributed by atoms with van der Waals surface area (Å²) in [6, 6.07) is 2.58. The molecule has 1 N–H and O–H groups in total. The number of aromatic nitrogens is 3. The molecule has 0 unspecified atom stereocenters. The molecule has 0 radical (unpaired) electrons. The predicted octanol–water partition coefficient (Wildman–Crippen LogP) is 0.650. The minimum absolute atomic E-state index is 0.0720.